The summed E-state index contributed by atoms with van der Waals surface area (Å²) in [6, 6.07) is 3.11. The predicted octanol–water partition coefficient (Wildman–Crippen LogP) is 1.96. The van der Waals surface area contributed by atoms with E-state index in [2.05, 4.69) is 5.32 Å². The number of Topliss-reactive ketones (excluding diaryl/α,β-unsaturated/α-hetero) is 1. The predicted molar refractivity (Wildman–Crippen MR) is 90.2 cm³/mol. The van der Waals surface area contributed by atoms with Gasteiger partial charge in [0, 0.05) is 5.56 Å². The Morgan fingerprint density at radius 3 is 2.16 bits per heavy atom. The second kappa shape index (κ2) is 7.55. The maximum absolute atomic E-state index is 12.4. The van der Waals surface area contributed by atoms with Gasteiger partial charge in [-0.25, -0.2) is 4.79 Å². The van der Waals surface area contributed by atoms with Crippen molar-refractivity contribution in [2.45, 2.75) is 44.6 Å². The molecule has 0 radical (unpaired) electrons. The van der Waals surface area contributed by atoms with Gasteiger partial charge in [0.05, 0.1) is 20.6 Å². The maximum Gasteiger partial charge on any atom is 0.329 e. The average Bonchev–Trinajstić information content (AvgIpc) is 3.03. The fourth-order valence-electron chi connectivity index (χ4n) is 3.25. The lowest BCUT2D eigenvalue weighted by Crippen LogP contribution is -2.53. The summed E-state index contributed by atoms with van der Waals surface area (Å²) in [6.07, 6.45) is 2.26. The molecule has 0 saturated heterocycles. The third-order valence-electron chi connectivity index (χ3n) is 4.58. The standard InChI is InChI=1S/C18H23NO6/c1-11(20)13-10-15(25-3)14(24-2)8-12(13)9-16(21)19-18(17(22)23)6-4-5-7-18/h8,10H,4-7,9H2,1-3H3,(H,19,21)(H,22,23). The number of aliphatic carboxylic acids is 1. The third-order valence-corrected chi connectivity index (χ3v) is 4.58. The quantitative estimate of drug-likeness (QED) is 0.730. The topological polar surface area (TPSA) is 102 Å². The van der Waals surface area contributed by atoms with E-state index in [0.717, 1.165) is 12.8 Å². The van der Waals surface area contributed by atoms with Crippen LogP contribution in [0.1, 0.15) is 48.5 Å². The number of hydrogen-bond donors (Lipinski definition) is 2. The summed E-state index contributed by atoms with van der Waals surface area (Å²) in [6.45, 7) is 1.40. The summed E-state index contributed by atoms with van der Waals surface area (Å²) >= 11 is 0. The van der Waals surface area contributed by atoms with Gasteiger partial charge in [-0.2, -0.15) is 0 Å². The Hall–Kier alpha value is -2.57. The molecular formula is C18H23NO6. The number of ether oxygens (including phenoxy) is 2. The molecule has 7 nitrogen and oxygen atoms in total. The first-order valence-electron chi connectivity index (χ1n) is 8.13. The van der Waals surface area contributed by atoms with Gasteiger partial charge in [-0.05, 0) is 37.5 Å². The van der Waals surface area contributed by atoms with Crippen molar-refractivity contribution in [2.24, 2.45) is 0 Å². The average molecular weight is 349 g/mol. The van der Waals surface area contributed by atoms with Crippen molar-refractivity contribution in [3.63, 3.8) is 0 Å². The number of benzene rings is 1. The van der Waals surface area contributed by atoms with Crippen LogP contribution in [0.4, 0.5) is 0 Å². The smallest absolute Gasteiger partial charge is 0.329 e. The van der Waals surface area contributed by atoms with Crippen molar-refractivity contribution < 1.29 is 29.0 Å². The molecule has 1 aliphatic rings. The minimum absolute atomic E-state index is 0.107. The molecule has 1 aromatic carbocycles. The lowest BCUT2D eigenvalue weighted by atomic mass is 9.96. The second-order valence-electron chi connectivity index (χ2n) is 6.24. The molecule has 136 valence electrons. The molecule has 0 aromatic heterocycles. The van der Waals surface area contributed by atoms with Crippen LogP contribution >= 0.6 is 0 Å². The number of methoxy groups -OCH3 is 2. The SMILES string of the molecule is COc1cc(CC(=O)NC2(C(=O)O)CCCC2)c(C(C)=O)cc1OC. The summed E-state index contributed by atoms with van der Waals surface area (Å²) in [7, 11) is 2.93. The number of carboxylic acids is 1. The van der Waals surface area contributed by atoms with Gasteiger partial charge in [0.25, 0.3) is 0 Å². The number of amides is 1. The molecule has 2 N–H and O–H groups in total. The van der Waals surface area contributed by atoms with E-state index in [9.17, 15) is 19.5 Å². The summed E-state index contributed by atoms with van der Waals surface area (Å²) in [5.41, 5.74) is -0.380. The number of ketones is 1. The van der Waals surface area contributed by atoms with E-state index in [1.54, 1.807) is 6.07 Å². The van der Waals surface area contributed by atoms with Gasteiger partial charge < -0.3 is 19.9 Å². The van der Waals surface area contributed by atoms with E-state index in [-0.39, 0.29) is 12.2 Å². The molecule has 2 rings (SSSR count). The maximum atomic E-state index is 12.4. The molecule has 25 heavy (non-hydrogen) atoms. The second-order valence-corrected chi connectivity index (χ2v) is 6.24. The first-order chi connectivity index (χ1) is 11.8. The molecule has 1 fully saturated rings. The first-order valence-corrected chi connectivity index (χ1v) is 8.13. The van der Waals surface area contributed by atoms with Gasteiger partial charge in [-0.1, -0.05) is 12.8 Å². The summed E-state index contributed by atoms with van der Waals surface area (Å²) in [5.74, 6) is -0.854. The Balaban J connectivity index is 2.27. The lowest BCUT2D eigenvalue weighted by molar-refractivity contribution is -0.147. The molecule has 0 heterocycles. The molecule has 0 bridgehead atoms. The Kier molecular flexibility index (Phi) is 5.66. The van der Waals surface area contributed by atoms with Gasteiger partial charge in [-0.3, -0.25) is 9.59 Å². The normalized spacial score (nSPS) is 15.5. The highest BCUT2D eigenvalue weighted by molar-refractivity contribution is 5.98. The van der Waals surface area contributed by atoms with Crippen LogP contribution in [0.15, 0.2) is 12.1 Å². The van der Waals surface area contributed by atoms with Gasteiger partial charge in [0.15, 0.2) is 17.3 Å². The highest BCUT2D eigenvalue weighted by atomic mass is 16.5. The zero-order valence-electron chi connectivity index (χ0n) is 14.7. The zero-order chi connectivity index (χ0) is 18.6. The van der Waals surface area contributed by atoms with Gasteiger partial charge in [0.1, 0.15) is 5.54 Å². The number of carbonyl (C=O) groups excluding carboxylic acids is 2. The fraction of sp³-hybridized carbons (Fsp3) is 0.500. The van der Waals surface area contributed by atoms with E-state index in [4.69, 9.17) is 9.47 Å². The van der Waals surface area contributed by atoms with E-state index in [1.165, 1.54) is 27.2 Å². The van der Waals surface area contributed by atoms with Crippen LogP contribution in [0.5, 0.6) is 11.5 Å². The molecule has 1 amide bonds. The highest BCUT2D eigenvalue weighted by Gasteiger charge is 2.42. The summed E-state index contributed by atoms with van der Waals surface area (Å²) < 4.78 is 10.4. The molecule has 0 spiro atoms. The molecule has 1 aliphatic carbocycles. The summed E-state index contributed by atoms with van der Waals surface area (Å²) in [4.78, 5) is 35.9. The lowest BCUT2D eigenvalue weighted by Gasteiger charge is -2.25. The molecule has 0 unspecified atom stereocenters. The number of nitrogens with one attached hydrogen (secondary N) is 1. The molecule has 1 aromatic rings. The molecule has 0 aliphatic heterocycles. The number of carbonyl (C=O) groups is 3. The van der Waals surface area contributed by atoms with E-state index >= 15 is 0 Å². The van der Waals surface area contributed by atoms with Gasteiger partial charge >= 0.3 is 5.97 Å². The van der Waals surface area contributed by atoms with Crippen LogP contribution in [0.2, 0.25) is 0 Å². The van der Waals surface area contributed by atoms with Crippen LogP contribution in [0.3, 0.4) is 0 Å². The molecular weight excluding hydrogens is 326 g/mol. The minimum Gasteiger partial charge on any atom is -0.493 e. The van der Waals surface area contributed by atoms with Gasteiger partial charge in [0.2, 0.25) is 5.91 Å². The van der Waals surface area contributed by atoms with E-state index < -0.39 is 17.4 Å². The van der Waals surface area contributed by atoms with Crippen LogP contribution in [0, 0.1) is 0 Å². The van der Waals surface area contributed by atoms with Crippen molar-refractivity contribution >= 4 is 17.7 Å². The van der Waals surface area contributed by atoms with Crippen molar-refractivity contribution in [3.05, 3.63) is 23.3 Å². The van der Waals surface area contributed by atoms with Crippen molar-refractivity contribution in [2.75, 3.05) is 14.2 Å². The molecule has 1 saturated carbocycles. The number of rotatable bonds is 7. The van der Waals surface area contributed by atoms with E-state index in [0.29, 0.717) is 35.5 Å². The van der Waals surface area contributed by atoms with Crippen LogP contribution in [-0.4, -0.2) is 42.5 Å². The van der Waals surface area contributed by atoms with Crippen molar-refractivity contribution in [1.82, 2.24) is 5.32 Å². The number of hydrogen-bond acceptors (Lipinski definition) is 5. The fourth-order valence-corrected chi connectivity index (χ4v) is 3.25. The van der Waals surface area contributed by atoms with Crippen LogP contribution in [0.25, 0.3) is 0 Å². The largest absolute Gasteiger partial charge is 0.493 e. The van der Waals surface area contributed by atoms with Crippen LogP contribution in [-0.2, 0) is 16.0 Å². The third kappa shape index (κ3) is 3.92. The summed E-state index contributed by atoms with van der Waals surface area (Å²) in [5, 5.41) is 12.1. The Morgan fingerprint density at radius 1 is 1.12 bits per heavy atom. The first kappa shape index (κ1) is 18.8. The van der Waals surface area contributed by atoms with Gasteiger partial charge in [-0.15, -0.1) is 0 Å². The molecule has 7 heteroatoms. The van der Waals surface area contributed by atoms with E-state index in [1.807, 2.05) is 0 Å². The molecule has 0 atom stereocenters. The van der Waals surface area contributed by atoms with Crippen molar-refractivity contribution in [3.8, 4) is 11.5 Å². The Morgan fingerprint density at radius 2 is 1.68 bits per heavy atom. The van der Waals surface area contributed by atoms with Crippen LogP contribution < -0.4 is 14.8 Å². The highest BCUT2D eigenvalue weighted by Crippen LogP contribution is 2.32. The zero-order valence-corrected chi connectivity index (χ0v) is 14.7. The Labute approximate surface area is 146 Å². The monoisotopic (exact) mass is 349 g/mol. The minimum atomic E-state index is -1.20. The number of carboxylic acid groups (broad SMARTS) is 1. The Bertz CT molecular complexity index is 691. The van der Waals surface area contributed by atoms with Crippen molar-refractivity contribution in [1.29, 1.82) is 0 Å².